The lowest BCUT2D eigenvalue weighted by Gasteiger charge is -2.30. The molecule has 4 heterocycles. The first-order valence-corrected chi connectivity index (χ1v) is 11.4. The van der Waals surface area contributed by atoms with Gasteiger partial charge in [0.25, 0.3) is 0 Å². The molecule has 0 unspecified atom stereocenters. The van der Waals surface area contributed by atoms with Crippen molar-refractivity contribution in [1.82, 2.24) is 14.9 Å². The smallest absolute Gasteiger partial charge is 0.174 e. The number of anilines is 1. The molecule has 6 heteroatoms. The van der Waals surface area contributed by atoms with Gasteiger partial charge in [0.1, 0.15) is 6.04 Å². The molecule has 0 aliphatic carbocycles. The molecular weight excluding hydrogens is 404 g/mol. The van der Waals surface area contributed by atoms with E-state index in [9.17, 15) is 0 Å². The Kier molecular flexibility index (Phi) is 5.50. The van der Waals surface area contributed by atoms with Crippen LogP contribution in [0.4, 0.5) is 5.69 Å². The predicted molar refractivity (Wildman–Crippen MR) is 127 cm³/mol. The van der Waals surface area contributed by atoms with Gasteiger partial charge in [-0.15, -0.1) is 0 Å². The van der Waals surface area contributed by atoms with Gasteiger partial charge in [0.15, 0.2) is 5.11 Å². The average molecular weight is 433 g/mol. The van der Waals surface area contributed by atoms with E-state index in [0.29, 0.717) is 0 Å². The van der Waals surface area contributed by atoms with Crippen LogP contribution in [0.25, 0.3) is 0 Å². The molecule has 0 spiro atoms. The second-order valence-electron chi connectivity index (χ2n) is 8.56. The Morgan fingerprint density at radius 3 is 2.68 bits per heavy atom. The number of rotatable bonds is 5. The van der Waals surface area contributed by atoms with Crippen molar-refractivity contribution in [2.24, 2.45) is 0 Å². The molecule has 1 N–H and O–H groups in total. The Hall–Kier alpha value is -2.70. The van der Waals surface area contributed by atoms with Gasteiger partial charge in [-0.3, -0.25) is 4.98 Å². The Morgan fingerprint density at radius 2 is 1.97 bits per heavy atom. The summed E-state index contributed by atoms with van der Waals surface area (Å²) < 4.78 is 8.27. The third-order valence-corrected chi connectivity index (χ3v) is 6.49. The van der Waals surface area contributed by atoms with Crippen LogP contribution < -0.4 is 10.2 Å². The van der Waals surface area contributed by atoms with Gasteiger partial charge < -0.3 is 19.5 Å². The molecule has 0 bridgehead atoms. The van der Waals surface area contributed by atoms with Crippen LogP contribution in [0, 0.1) is 13.8 Å². The fraction of sp³-hybridized carbons (Fsp3) is 0.360. The van der Waals surface area contributed by atoms with Crippen molar-refractivity contribution >= 4 is 23.0 Å². The van der Waals surface area contributed by atoms with Gasteiger partial charge in [-0.1, -0.05) is 12.1 Å². The monoisotopic (exact) mass is 432 g/mol. The number of pyridine rings is 1. The van der Waals surface area contributed by atoms with Crippen molar-refractivity contribution in [3.8, 4) is 0 Å². The van der Waals surface area contributed by atoms with Gasteiger partial charge in [-0.25, -0.2) is 0 Å². The van der Waals surface area contributed by atoms with Crippen molar-refractivity contribution in [2.75, 3.05) is 11.5 Å². The second kappa shape index (κ2) is 8.44. The van der Waals surface area contributed by atoms with E-state index in [1.54, 1.807) is 0 Å². The van der Waals surface area contributed by atoms with E-state index in [1.807, 2.05) is 18.3 Å². The quantitative estimate of drug-likeness (QED) is 0.584. The first kappa shape index (κ1) is 20.2. The number of nitrogens with zero attached hydrogens (tertiary/aromatic N) is 3. The molecule has 2 aromatic heterocycles. The Bertz CT molecular complexity index is 1050. The number of ether oxygens (including phenoxy) is 1. The molecular formula is C25H28N4OS. The summed E-state index contributed by atoms with van der Waals surface area (Å²) in [5, 5.41) is 4.30. The molecule has 5 rings (SSSR count). The molecule has 3 atom stereocenters. The molecule has 1 aromatic carbocycles. The summed E-state index contributed by atoms with van der Waals surface area (Å²) in [6, 6.07) is 17.0. The molecule has 0 radical (unpaired) electrons. The molecule has 31 heavy (non-hydrogen) atoms. The van der Waals surface area contributed by atoms with Gasteiger partial charge >= 0.3 is 0 Å². The zero-order valence-corrected chi connectivity index (χ0v) is 18.8. The zero-order chi connectivity index (χ0) is 21.4. The first-order chi connectivity index (χ1) is 15.1. The highest BCUT2D eigenvalue weighted by molar-refractivity contribution is 7.80. The van der Waals surface area contributed by atoms with E-state index in [1.165, 1.54) is 16.8 Å². The van der Waals surface area contributed by atoms with Crippen LogP contribution in [0.1, 0.15) is 47.4 Å². The minimum absolute atomic E-state index is 0.00000283. The van der Waals surface area contributed by atoms with Crippen LogP contribution in [0.5, 0.6) is 0 Å². The summed E-state index contributed by atoms with van der Waals surface area (Å²) in [7, 11) is 0. The van der Waals surface area contributed by atoms with Crippen molar-refractivity contribution in [3.05, 3.63) is 83.4 Å². The summed E-state index contributed by atoms with van der Waals surface area (Å²) >= 11 is 5.88. The highest BCUT2D eigenvalue weighted by Gasteiger charge is 2.42. The largest absolute Gasteiger partial charge is 0.376 e. The van der Waals surface area contributed by atoms with E-state index in [-0.39, 0.29) is 18.2 Å². The molecule has 2 aliphatic rings. The van der Waals surface area contributed by atoms with Crippen LogP contribution in [0.2, 0.25) is 0 Å². The van der Waals surface area contributed by atoms with Crippen molar-refractivity contribution in [1.29, 1.82) is 0 Å². The molecule has 160 valence electrons. The number of thiocarbonyl (C=S) groups is 1. The molecule has 5 nitrogen and oxygen atoms in total. The Balaban J connectivity index is 1.59. The summed E-state index contributed by atoms with van der Waals surface area (Å²) in [6.07, 6.45) is 6.54. The van der Waals surface area contributed by atoms with Crippen LogP contribution in [-0.4, -0.2) is 27.4 Å². The minimum Gasteiger partial charge on any atom is -0.376 e. The van der Waals surface area contributed by atoms with Crippen molar-refractivity contribution in [2.45, 2.75) is 51.4 Å². The maximum Gasteiger partial charge on any atom is 0.174 e. The minimum atomic E-state index is -0.0346. The summed E-state index contributed by atoms with van der Waals surface area (Å²) in [6.45, 7) is 5.99. The number of benzene rings is 1. The number of aromatic nitrogens is 2. The van der Waals surface area contributed by atoms with E-state index < -0.39 is 0 Å². The van der Waals surface area contributed by atoms with Gasteiger partial charge in [0.05, 0.1) is 17.8 Å². The summed E-state index contributed by atoms with van der Waals surface area (Å²) in [5.41, 5.74) is 5.78. The van der Waals surface area contributed by atoms with Crippen LogP contribution >= 0.6 is 12.2 Å². The molecule has 2 fully saturated rings. The van der Waals surface area contributed by atoms with Crippen LogP contribution in [-0.2, 0) is 11.3 Å². The van der Waals surface area contributed by atoms with Crippen LogP contribution in [0.15, 0.2) is 60.9 Å². The third-order valence-electron chi connectivity index (χ3n) is 6.17. The van der Waals surface area contributed by atoms with E-state index in [0.717, 1.165) is 42.5 Å². The molecule has 0 amide bonds. The maximum atomic E-state index is 5.93. The summed E-state index contributed by atoms with van der Waals surface area (Å²) in [5.74, 6) is 0. The Labute approximate surface area is 189 Å². The van der Waals surface area contributed by atoms with Crippen molar-refractivity contribution in [3.63, 3.8) is 0 Å². The third kappa shape index (κ3) is 3.98. The highest BCUT2D eigenvalue weighted by atomic mass is 32.1. The summed E-state index contributed by atoms with van der Waals surface area (Å²) in [4.78, 5) is 6.93. The van der Waals surface area contributed by atoms with E-state index in [2.05, 4.69) is 76.2 Å². The first-order valence-electron chi connectivity index (χ1n) is 11.0. The molecule has 3 aromatic rings. The van der Waals surface area contributed by atoms with Gasteiger partial charge in [0.2, 0.25) is 0 Å². The SMILES string of the molecule is Cc1cc(C)cc(N2C(=S)N[C@H](c3ccccn3)[C@@H]2c2cccn2C[C@@H]2CCCO2)c1. The lowest BCUT2D eigenvalue weighted by molar-refractivity contribution is 0.0961. The molecule has 2 aliphatic heterocycles. The predicted octanol–water partition coefficient (Wildman–Crippen LogP) is 4.86. The normalized spacial score (nSPS) is 23.4. The van der Waals surface area contributed by atoms with E-state index >= 15 is 0 Å². The fourth-order valence-electron chi connectivity index (χ4n) is 4.89. The van der Waals surface area contributed by atoms with Gasteiger partial charge in [-0.05, 0) is 86.4 Å². The number of nitrogens with one attached hydrogen (secondary N) is 1. The lowest BCUT2D eigenvalue weighted by atomic mass is 10.00. The Morgan fingerprint density at radius 1 is 1.13 bits per heavy atom. The van der Waals surface area contributed by atoms with E-state index in [4.69, 9.17) is 17.0 Å². The zero-order valence-electron chi connectivity index (χ0n) is 18.0. The topological polar surface area (TPSA) is 42.3 Å². The number of aryl methyl sites for hydroxylation is 2. The standard InChI is InChI=1S/C25H28N4OS/c1-17-13-18(2)15-19(14-17)29-24(23(27-25(29)31)21-8-3-4-10-26-21)22-9-5-11-28(22)16-20-7-6-12-30-20/h3-5,8-11,13-15,20,23-24H,6-7,12,16H2,1-2H3,(H,27,31)/t20-,23+,24-/m0/s1. The number of hydrogen-bond acceptors (Lipinski definition) is 3. The van der Waals surface area contributed by atoms with Crippen molar-refractivity contribution < 1.29 is 4.74 Å². The van der Waals surface area contributed by atoms with Gasteiger partial charge in [0, 0.05) is 36.9 Å². The average Bonchev–Trinajstić information content (AvgIpc) is 3.48. The highest BCUT2D eigenvalue weighted by Crippen LogP contribution is 2.42. The molecule has 2 saturated heterocycles. The lowest BCUT2D eigenvalue weighted by Crippen LogP contribution is -2.31. The van der Waals surface area contributed by atoms with Crippen LogP contribution in [0.3, 0.4) is 0 Å². The molecule has 0 saturated carbocycles. The number of hydrogen-bond donors (Lipinski definition) is 1. The van der Waals surface area contributed by atoms with Gasteiger partial charge in [-0.2, -0.15) is 0 Å². The fourth-order valence-corrected chi connectivity index (χ4v) is 5.24. The maximum absolute atomic E-state index is 5.93. The second-order valence-corrected chi connectivity index (χ2v) is 8.95.